The van der Waals surface area contributed by atoms with Crippen molar-refractivity contribution in [3.8, 4) is 17.1 Å². The molecule has 30 heavy (non-hydrogen) atoms. The molecule has 1 aromatic heterocycles. The lowest BCUT2D eigenvalue weighted by atomic mass is 10.1. The van der Waals surface area contributed by atoms with E-state index in [-0.39, 0.29) is 39.9 Å². The Morgan fingerprint density at radius 2 is 1.73 bits per heavy atom. The van der Waals surface area contributed by atoms with Crippen LogP contribution >= 0.6 is 23.2 Å². The Morgan fingerprint density at radius 1 is 1.00 bits per heavy atom. The number of fused-ring (bicyclic) bond motifs is 1. The largest absolute Gasteiger partial charge is 0.478 e. The van der Waals surface area contributed by atoms with E-state index in [1.165, 1.54) is 12.1 Å². The summed E-state index contributed by atoms with van der Waals surface area (Å²) in [7, 11) is 0. The molecule has 0 spiro atoms. The zero-order valence-corrected chi connectivity index (χ0v) is 17.5. The Hall–Kier alpha value is -3.08. The molecule has 0 unspecified atom stereocenters. The van der Waals surface area contributed by atoms with E-state index in [9.17, 15) is 9.59 Å². The van der Waals surface area contributed by atoms with Gasteiger partial charge in [0.25, 0.3) is 0 Å². The first-order chi connectivity index (χ1) is 14.4. The van der Waals surface area contributed by atoms with Crippen molar-refractivity contribution in [1.29, 1.82) is 0 Å². The van der Waals surface area contributed by atoms with Crippen LogP contribution in [0.15, 0.2) is 75.9 Å². The second-order valence-electron chi connectivity index (χ2n) is 6.79. The quantitative estimate of drug-likeness (QED) is 0.341. The van der Waals surface area contributed by atoms with E-state index in [4.69, 9.17) is 32.4 Å². The number of hydrogen-bond donors (Lipinski definition) is 0. The second kappa shape index (κ2) is 8.34. The SMILES string of the molecule is Cc1ccc(-c2oc3ccccc3c(=O)c2OCC(=O)c2ccc(Cl)cc2Cl)cc1. The fourth-order valence-corrected chi connectivity index (χ4v) is 3.60. The summed E-state index contributed by atoms with van der Waals surface area (Å²) in [6.45, 7) is 1.59. The van der Waals surface area contributed by atoms with Gasteiger partial charge in [0.05, 0.1) is 10.4 Å². The highest BCUT2D eigenvalue weighted by molar-refractivity contribution is 6.36. The standard InChI is InChI=1S/C24H16Cl2O4/c1-14-6-8-15(9-7-14)23-24(22(28)18-4-2-3-5-21(18)30-23)29-13-20(27)17-11-10-16(25)12-19(17)26/h2-12H,13H2,1H3. The van der Waals surface area contributed by atoms with Gasteiger partial charge in [-0.2, -0.15) is 0 Å². The summed E-state index contributed by atoms with van der Waals surface area (Å²) < 4.78 is 11.7. The van der Waals surface area contributed by atoms with Gasteiger partial charge < -0.3 is 9.15 Å². The van der Waals surface area contributed by atoms with Gasteiger partial charge in [-0.15, -0.1) is 0 Å². The third kappa shape index (κ3) is 3.97. The van der Waals surface area contributed by atoms with Crippen LogP contribution in [0, 0.1) is 6.92 Å². The molecule has 0 radical (unpaired) electrons. The predicted octanol–water partition coefficient (Wildman–Crippen LogP) is 6.34. The van der Waals surface area contributed by atoms with E-state index < -0.39 is 0 Å². The van der Waals surface area contributed by atoms with Crippen LogP contribution in [-0.2, 0) is 0 Å². The monoisotopic (exact) mass is 438 g/mol. The smallest absolute Gasteiger partial charge is 0.235 e. The molecule has 4 nitrogen and oxygen atoms in total. The highest BCUT2D eigenvalue weighted by atomic mass is 35.5. The minimum Gasteiger partial charge on any atom is -0.478 e. The van der Waals surface area contributed by atoms with Crippen molar-refractivity contribution >= 4 is 40.0 Å². The molecule has 0 aliphatic heterocycles. The fourth-order valence-electron chi connectivity index (χ4n) is 3.08. The normalized spacial score (nSPS) is 10.9. The number of aryl methyl sites for hydroxylation is 1. The van der Waals surface area contributed by atoms with Crippen molar-refractivity contribution in [2.24, 2.45) is 0 Å². The number of ketones is 1. The molecule has 1 heterocycles. The first-order valence-electron chi connectivity index (χ1n) is 9.18. The lowest BCUT2D eigenvalue weighted by Gasteiger charge is -2.12. The second-order valence-corrected chi connectivity index (χ2v) is 7.63. The van der Waals surface area contributed by atoms with E-state index in [1.807, 2.05) is 31.2 Å². The third-order valence-corrected chi connectivity index (χ3v) is 5.20. The maximum Gasteiger partial charge on any atom is 0.235 e. The van der Waals surface area contributed by atoms with Crippen molar-refractivity contribution < 1.29 is 13.9 Å². The summed E-state index contributed by atoms with van der Waals surface area (Å²) in [5.74, 6) is -0.122. The Kier molecular flexibility index (Phi) is 5.62. The van der Waals surface area contributed by atoms with Gasteiger partial charge in [-0.3, -0.25) is 9.59 Å². The molecule has 0 atom stereocenters. The van der Waals surface area contributed by atoms with Gasteiger partial charge in [0.15, 0.2) is 12.4 Å². The predicted molar refractivity (Wildman–Crippen MR) is 119 cm³/mol. The molecule has 150 valence electrons. The molecule has 4 rings (SSSR count). The topological polar surface area (TPSA) is 56.5 Å². The maximum absolute atomic E-state index is 13.1. The first kappa shape index (κ1) is 20.2. The summed E-state index contributed by atoms with van der Waals surface area (Å²) in [5.41, 5.74) is 2.11. The molecule has 6 heteroatoms. The van der Waals surface area contributed by atoms with Gasteiger partial charge in [0.2, 0.25) is 17.0 Å². The Balaban J connectivity index is 1.76. The lowest BCUT2D eigenvalue weighted by Crippen LogP contribution is -2.17. The Bertz CT molecular complexity index is 1310. The van der Waals surface area contributed by atoms with E-state index >= 15 is 0 Å². The Morgan fingerprint density at radius 3 is 2.47 bits per heavy atom. The van der Waals surface area contributed by atoms with Gasteiger partial charge >= 0.3 is 0 Å². The molecule has 0 saturated heterocycles. The number of carbonyl (C=O) groups excluding carboxylic acids is 1. The number of ether oxygens (including phenoxy) is 1. The van der Waals surface area contributed by atoms with Gasteiger partial charge in [0, 0.05) is 16.1 Å². The van der Waals surface area contributed by atoms with Gasteiger partial charge in [0.1, 0.15) is 5.58 Å². The van der Waals surface area contributed by atoms with Crippen LogP contribution in [0.25, 0.3) is 22.3 Å². The van der Waals surface area contributed by atoms with Crippen molar-refractivity contribution in [3.63, 3.8) is 0 Å². The average molecular weight is 439 g/mol. The number of halogens is 2. The molecule has 0 fully saturated rings. The van der Waals surface area contributed by atoms with E-state index in [2.05, 4.69) is 0 Å². The number of hydrogen-bond acceptors (Lipinski definition) is 4. The van der Waals surface area contributed by atoms with Crippen LogP contribution in [0.3, 0.4) is 0 Å². The molecule has 0 N–H and O–H groups in total. The molecular formula is C24H16Cl2O4. The van der Waals surface area contributed by atoms with Crippen molar-refractivity contribution in [2.45, 2.75) is 6.92 Å². The molecular weight excluding hydrogens is 423 g/mol. The number of rotatable bonds is 5. The van der Waals surface area contributed by atoms with Crippen LogP contribution in [0.4, 0.5) is 0 Å². The van der Waals surface area contributed by atoms with Crippen molar-refractivity contribution in [1.82, 2.24) is 0 Å². The van der Waals surface area contributed by atoms with Gasteiger partial charge in [-0.25, -0.2) is 0 Å². The molecule has 0 amide bonds. The van der Waals surface area contributed by atoms with Crippen molar-refractivity contribution in [2.75, 3.05) is 6.61 Å². The van der Waals surface area contributed by atoms with Crippen LogP contribution in [0.1, 0.15) is 15.9 Å². The summed E-state index contributed by atoms with van der Waals surface area (Å²) in [4.78, 5) is 25.7. The number of carbonyl (C=O) groups is 1. The average Bonchev–Trinajstić information content (AvgIpc) is 2.73. The van der Waals surface area contributed by atoms with Gasteiger partial charge in [-0.1, -0.05) is 65.2 Å². The zero-order valence-electron chi connectivity index (χ0n) is 15.9. The van der Waals surface area contributed by atoms with E-state index in [0.29, 0.717) is 21.6 Å². The van der Waals surface area contributed by atoms with Crippen LogP contribution in [0.2, 0.25) is 10.0 Å². The van der Waals surface area contributed by atoms with E-state index in [1.54, 1.807) is 30.3 Å². The van der Waals surface area contributed by atoms with Gasteiger partial charge in [-0.05, 0) is 37.3 Å². The minimum atomic E-state index is -0.376. The minimum absolute atomic E-state index is 0.0176. The highest BCUT2D eigenvalue weighted by Crippen LogP contribution is 2.31. The summed E-state index contributed by atoms with van der Waals surface area (Å²) in [6, 6.07) is 19.0. The molecule has 0 bridgehead atoms. The maximum atomic E-state index is 13.1. The highest BCUT2D eigenvalue weighted by Gasteiger charge is 2.20. The Labute approximate surface area is 182 Å². The van der Waals surface area contributed by atoms with Crippen molar-refractivity contribution in [3.05, 3.63) is 98.1 Å². The van der Waals surface area contributed by atoms with Crippen LogP contribution in [-0.4, -0.2) is 12.4 Å². The van der Waals surface area contributed by atoms with Crippen LogP contribution in [0.5, 0.6) is 5.75 Å². The number of para-hydroxylation sites is 1. The summed E-state index contributed by atoms with van der Waals surface area (Å²) in [5, 5.41) is 1.02. The molecule has 0 saturated carbocycles. The third-order valence-electron chi connectivity index (χ3n) is 4.65. The van der Waals surface area contributed by atoms with E-state index in [0.717, 1.165) is 5.56 Å². The molecule has 4 aromatic rings. The summed E-state index contributed by atoms with van der Waals surface area (Å²) >= 11 is 12.0. The number of Topliss-reactive ketones (excluding diaryl/α,β-unsaturated/α-hetero) is 1. The van der Waals surface area contributed by atoms with Crippen LogP contribution < -0.4 is 10.2 Å². The molecule has 0 aliphatic carbocycles. The fraction of sp³-hybridized carbons (Fsp3) is 0.0833. The number of benzene rings is 3. The molecule has 3 aromatic carbocycles. The summed E-state index contributed by atoms with van der Waals surface area (Å²) in [6.07, 6.45) is 0. The first-order valence-corrected chi connectivity index (χ1v) is 9.93. The molecule has 0 aliphatic rings. The lowest BCUT2D eigenvalue weighted by molar-refractivity contribution is 0.0920. The zero-order chi connectivity index (χ0) is 21.3.